The van der Waals surface area contributed by atoms with Gasteiger partial charge < -0.3 is 14.9 Å². The quantitative estimate of drug-likeness (QED) is 0.0642. The molecule has 11 aromatic rings. The van der Waals surface area contributed by atoms with E-state index < -0.39 is 23.3 Å². The predicted molar refractivity (Wildman–Crippen MR) is 338 cm³/mol. The molecule has 3 N–H and O–H groups in total. The Labute approximate surface area is 558 Å². The number of nitriles is 10. The van der Waals surface area contributed by atoms with Gasteiger partial charge in [-0.05, 0) is 31.2 Å². The van der Waals surface area contributed by atoms with Gasteiger partial charge in [0.15, 0.2) is 63.1 Å². The number of ether oxygens (including phenoxy) is 1. The van der Waals surface area contributed by atoms with Crippen LogP contribution in [0.4, 0.5) is 5.82 Å². The molecule has 0 radical (unpaired) electrons. The van der Waals surface area contributed by atoms with Gasteiger partial charge in [-0.15, -0.1) is 11.3 Å². The van der Waals surface area contributed by atoms with Crippen LogP contribution >= 0.6 is 11.3 Å². The fourth-order valence-corrected chi connectivity index (χ4v) is 11.2. The van der Waals surface area contributed by atoms with Crippen molar-refractivity contribution < 1.29 is 38.9 Å². The highest BCUT2D eigenvalue weighted by atomic mass is 32.1. The number of allylic oxidation sites excluding steroid dienone is 1. The van der Waals surface area contributed by atoms with Crippen molar-refractivity contribution in [1.82, 2.24) is 49.8 Å². The second-order valence-electron chi connectivity index (χ2n) is 20.0. The van der Waals surface area contributed by atoms with E-state index in [0.29, 0.717) is 43.9 Å². The van der Waals surface area contributed by atoms with Crippen molar-refractivity contribution >= 4 is 72.1 Å². The molecule has 6 aromatic heterocycles. The van der Waals surface area contributed by atoms with Crippen molar-refractivity contribution in [2.24, 2.45) is 0 Å². The minimum Gasteiger partial charge on any atom is -0.508 e. The molecule has 30 heteroatoms. The predicted octanol–water partition coefficient (Wildman–Crippen LogP) is 8.52. The Morgan fingerprint density at radius 1 is 0.424 bits per heavy atom. The lowest BCUT2D eigenvalue weighted by atomic mass is 9.89. The number of rotatable bonds is 4. The average Bonchev–Trinajstić information content (AvgIpc) is 1.17. The molecule has 0 bridgehead atoms. The maximum atomic E-state index is 12.4. The minimum atomic E-state index is -0.636. The van der Waals surface area contributed by atoms with Crippen molar-refractivity contribution in [1.29, 1.82) is 52.6 Å². The van der Waals surface area contributed by atoms with E-state index >= 15 is 0 Å². The van der Waals surface area contributed by atoms with Crippen LogP contribution in [0.1, 0.15) is 138 Å². The molecule has 15 rings (SSSR count). The third-order valence-corrected chi connectivity index (χ3v) is 15.6. The van der Waals surface area contributed by atoms with Crippen molar-refractivity contribution in [3.63, 3.8) is 0 Å². The van der Waals surface area contributed by atoms with Crippen LogP contribution < -0.4 is 5.32 Å². The summed E-state index contributed by atoms with van der Waals surface area (Å²) >= 11 is 1.48. The first-order chi connectivity index (χ1) is 48.0. The molecule has 0 amide bonds. The van der Waals surface area contributed by atoms with Gasteiger partial charge in [-0.25, -0.2) is 49.8 Å². The molecule has 0 saturated carbocycles. The first-order valence-electron chi connectivity index (χ1n) is 28.1. The van der Waals surface area contributed by atoms with Crippen LogP contribution in [0.15, 0.2) is 121 Å². The topological polar surface area (TPSA) is 514 Å². The van der Waals surface area contributed by atoms with Crippen molar-refractivity contribution in [3.05, 3.63) is 229 Å². The highest BCUT2D eigenvalue weighted by molar-refractivity contribution is 7.25. The standard InChI is InChI=1S/C17H10N4O3.C14H4N4O2.C13H5N5O.C13H4N4O2.C12H4N4S/c1-2-24-17(23)11(7-18)13-12(8-19)20-15-14(21-13)9-5-3-4-6-10(9)16(15)22;15-5-9-10(6-16)18-12-11(17-9)13(19)7-3-1-2-4-8(7)14(12)20;14-5-9-13(16-6-15)18-10-7-3-1-2-4-8(7)12(19)11(10)17-9;14-4-9-10(5-15)17-12-11(16-9)7-2-1-6(18)3-8(7)13(12)19;13-5-8-9(6-14)16-12-11(15-8)7-3-1-2-4-10(7)17-12/h3-6,23H,2H2,1H3;1-4H;1-4H,(H,16,18);1-3,18H;1-4H. The Morgan fingerprint density at radius 2 is 0.798 bits per heavy atom. The number of aromatic hydroxyl groups is 1. The lowest BCUT2D eigenvalue weighted by molar-refractivity contribution is 0.0971. The molecule has 4 aliphatic carbocycles. The molecule has 99 heavy (non-hydrogen) atoms. The first kappa shape index (κ1) is 64.4. The zero-order valence-corrected chi connectivity index (χ0v) is 50.7. The van der Waals surface area contributed by atoms with Crippen LogP contribution in [0.3, 0.4) is 0 Å². The largest absolute Gasteiger partial charge is 0.508 e. The number of nitrogens with one attached hydrogen (secondary N) is 1. The zero-order chi connectivity index (χ0) is 70.3. The van der Waals surface area contributed by atoms with E-state index in [2.05, 4.69) is 55.2 Å². The number of fused-ring (bicyclic) bond motifs is 14. The van der Waals surface area contributed by atoms with Crippen LogP contribution in [0, 0.1) is 113 Å². The average molecular weight is 1310 g/mol. The van der Waals surface area contributed by atoms with E-state index in [9.17, 15) is 44.7 Å². The number of aliphatic hydroxyl groups is 1. The van der Waals surface area contributed by atoms with E-state index in [-0.39, 0.29) is 143 Å². The normalized spacial score (nSPS) is 11.6. The number of thiophene rings is 1. The SMILES string of the molecule is CCOC(O)=C(C#N)c1nc2c(nc1C#N)C(=O)c1ccccc1-2.N#CNc1nc2c(nc1C#N)C(=O)c1ccccc1-2.N#Cc1nc2c(nc1C#N)-c1ccc(O)cc1C2=O.N#Cc1nc2c(nc1C#N)C(=O)c1ccccc1C2=O.N#Cc1nc2sc3ccccc3c2nc1C#N. The fraction of sp³-hybridized carbons (Fsp3) is 0.0290. The maximum absolute atomic E-state index is 12.4. The monoisotopic (exact) mass is 1310 g/mol. The Morgan fingerprint density at radius 3 is 1.27 bits per heavy atom. The number of hydrogen-bond acceptors (Lipinski definition) is 30. The van der Waals surface area contributed by atoms with Gasteiger partial charge in [-0.2, -0.15) is 52.6 Å². The van der Waals surface area contributed by atoms with Crippen LogP contribution in [-0.2, 0) is 4.74 Å². The molecule has 0 saturated heterocycles. The van der Waals surface area contributed by atoms with E-state index in [0.717, 1.165) is 10.1 Å². The van der Waals surface area contributed by atoms with Gasteiger partial charge in [0.05, 0.1) is 6.61 Å². The van der Waals surface area contributed by atoms with Crippen LogP contribution in [0.5, 0.6) is 5.75 Å². The first-order valence-corrected chi connectivity index (χ1v) is 28.9. The fourth-order valence-electron chi connectivity index (χ4n) is 10.2. The molecule has 0 atom stereocenters. The summed E-state index contributed by atoms with van der Waals surface area (Å²) in [6.45, 7) is 1.78. The van der Waals surface area contributed by atoms with E-state index in [1.165, 1.54) is 41.7 Å². The molecule has 5 aromatic carbocycles. The van der Waals surface area contributed by atoms with Crippen LogP contribution in [-0.4, -0.2) is 95.6 Å². The molecule has 29 nitrogen and oxygen atoms in total. The Hall–Kier alpha value is -16.1. The number of aromatic nitrogens is 10. The molecule has 0 spiro atoms. The van der Waals surface area contributed by atoms with E-state index in [1.807, 2.05) is 42.5 Å². The molecule has 462 valence electrons. The molecule has 0 fully saturated rings. The number of benzene rings is 5. The smallest absolute Gasteiger partial charge is 0.297 e. The second kappa shape index (κ2) is 27.0. The number of anilines is 1. The molecular weight excluding hydrogens is 1280 g/mol. The van der Waals surface area contributed by atoms with Crippen LogP contribution in [0.25, 0.3) is 59.8 Å². The van der Waals surface area contributed by atoms with Gasteiger partial charge in [0.2, 0.25) is 28.9 Å². The third-order valence-electron chi connectivity index (χ3n) is 14.5. The van der Waals surface area contributed by atoms with Gasteiger partial charge >= 0.3 is 0 Å². The van der Waals surface area contributed by atoms with Gasteiger partial charge in [0.25, 0.3) is 5.95 Å². The Balaban J connectivity index is 0.000000126. The van der Waals surface area contributed by atoms with Gasteiger partial charge in [0, 0.05) is 54.6 Å². The molecule has 6 heterocycles. The number of hydrogen-bond donors (Lipinski definition) is 3. The van der Waals surface area contributed by atoms with Crippen molar-refractivity contribution in [2.45, 2.75) is 6.92 Å². The number of nitrogens with zero attached hydrogens (tertiary/aromatic N) is 20. The highest BCUT2D eigenvalue weighted by Crippen LogP contribution is 2.39. The van der Waals surface area contributed by atoms with E-state index in [4.69, 9.17) is 46.8 Å². The molecule has 4 aliphatic rings. The summed E-state index contributed by atoms with van der Waals surface area (Å²) in [7, 11) is 0. The summed E-state index contributed by atoms with van der Waals surface area (Å²) < 4.78 is 5.98. The molecule has 0 aliphatic heterocycles. The van der Waals surface area contributed by atoms with Gasteiger partial charge in [-0.3, -0.25) is 29.3 Å². The van der Waals surface area contributed by atoms with Crippen LogP contribution in [0.2, 0.25) is 0 Å². The summed E-state index contributed by atoms with van der Waals surface area (Å²) in [5.74, 6) is -2.54. The number of phenolic OH excluding ortho intramolecular Hbond substituents is 1. The lowest BCUT2D eigenvalue weighted by Gasteiger charge is -2.15. The summed E-state index contributed by atoms with van der Waals surface area (Å²) in [5, 5.41) is 112. The number of ketones is 5. The number of carbonyl (C=O) groups excluding carboxylic acids is 5. The number of carbonyl (C=O) groups is 5. The third kappa shape index (κ3) is 11.5. The van der Waals surface area contributed by atoms with E-state index in [1.54, 1.807) is 110 Å². The summed E-state index contributed by atoms with van der Waals surface area (Å²) in [6, 6.07) is 48.3. The Kier molecular flexibility index (Phi) is 17.6. The van der Waals surface area contributed by atoms with Gasteiger partial charge in [-0.1, -0.05) is 91.0 Å². The summed E-state index contributed by atoms with van der Waals surface area (Å²) in [4.78, 5) is 102. The number of aliphatic hydroxyl groups excluding tert-OH is 1. The number of phenols is 1. The minimum absolute atomic E-state index is 0.0381. The molecular formula is C69H27N21O8S. The maximum Gasteiger partial charge on any atom is 0.297 e. The van der Waals surface area contributed by atoms with Crippen molar-refractivity contribution in [2.75, 3.05) is 11.9 Å². The van der Waals surface area contributed by atoms with Gasteiger partial charge in [0.1, 0.15) is 122 Å². The lowest BCUT2D eigenvalue weighted by Crippen LogP contribution is -2.25. The van der Waals surface area contributed by atoms with Crippen molar-refractivity contribution in [3.8, 4) is 100 Å². The zero-order valence-electron chi connectivity index (χ0n) is 49.9. The Bertz CT molecular complexity index is 5920. The highest BCUT2D eigenvalue weighted by Gasteiger charge is 2.36. The molecule has 0 unspecified atom stereocenters. The second-order valence-corrected chi connectivity index (χ2v) is 21.0. The summed E-state index contributed by atoms with van der Waals surface area (Å²) in [5.41, 5.74) is 3.63. The summed E-state index contributed by atoms with van der Waals surface area (Å²) in [6.07, 6.45) is 1.70.